The molecule has 0 spiro atoms. The third-order valence-corrected chi connectivity index (χ3v) is 2.98. The van der Waals surface area contributed by atoms with Crippen LogP contribution in [0.5, 0.6) is 5.75 Å². The van der Waals surface area contributed by atoms with Crippen molar-refractivity contribution in [2.45, 2.75) is 0 Å². The van der Waals surface area contributed by atoms with E-state index in [0.717, 1.165) is 5.56 Å². The normalized spacial score (nSPS) is 14.7. The van der Waals surface area contributed by atoms with Crippen LogP contribution in [0.4, 0.5) is 4.79 Å². The molecule has 3 rings (SSSR count). The molecule has 5 nitrogen and oxygen atoms in total. The maximum absolute atomic E-state index is 11.8. The van der Waals surface area contributed by atoms with E-state index in [-0.39, 0.29) is 5.75 Å². The third-order valence-electron chi connectivity index (χ3n) is 2.98. The molecule has 2 aromatic rings. The highest BCUT2D eigenvalue weighted by molar-refractivity contribution is 6.06. The Hall–Kier alpha value is -3.08. The van der Waals surface area contributed by atoms with E-state index in [9.17, 15) is 9.59 Å². The summed E-state index contributed by atoms with van der Waals surface area (Å²) in [6, 6.07) is 13.7. The van der Waals surface area contributed by atoms with Crippen molar-refractivity contribution < 1.29 is 24.2 Å². The lowest BCUT2D eigenvalue weighted by Gasteiger charge is -2.02. The summed E-state index contributed by atoms with van der Waals surface area (Å²) in [7, 11) is 0. The minimum absolute atomic E-state index is 0.138. The molecule has 0 bridgehead atoms. The number of carboxylic acid groups (broad SMARTS) is 1. The number of rotatable bonds is 2. The molecular formula is C16H10O5. The zero-order chi connectivity index (χ0) is 14.8. The molecule has 0 aromatic heterocycles. The van der Waals surface area contributed by atoms with E-state index in [2.05, 4.69) is 4.74 Å². The summed E-state index contributed by atoms with van der Waals surface area (Å²) in [6.45, 7) is 0. The van der Waals surface area contributed by atoms with E-state index in [0.29, 0.717) is 16.9 Å². The lowest BCUT2D eigenvalue weighted by Crippen LogP contribution is -2.03. The summed E-state index contributed by atoms with van der Waals surface area (Å²) in [4.78, 5) is 22.4. The Balaban J connectivity index is 2.03. The largest absolute Gasteiger partial charge is 0.511 e. The van der Waals surface area contributed by atoms with Gasteiger partial charge >= 0.3 is 12.1 Å². The number of cyclic esters (lactones) is 1. The van der Waals surface area contributed by atoms with Crippen molar-refractivity contribution in [3.05, 3.63) is 65.2 Å². The first-order valence-electron chi connectivity index (χ1n) is 6.17. The van der Waals surface area contributed by atoms with Gasteiger partial charge in [-0.05, 0) is 29.8 Å². The molecule has 0 amide bonds. The first-order valence-corrected chi connectivity index (χ1v) is 6.17. The van der Waals surface area contributed by atoms with Gasteiger partial charge in [-0.25, -0.2) is 9.59 Å². The zero-order valence-corrected chi connectivity index (χ0v) is 10.8. The van der Waals surface area contributed by atoms with Gasteiger partial charge in [0.05, 0.1) is 5.56 Å². The van der Waals surface area contributed by atoms with Crippen LogP contribution in [0.3, 0.4) is 0 Å². The number of hydrogen-bond donors (Lipinski definition) is 1. The maximum Gasteiger partial charge on any atom is 0.511 e. The van der Waals surface area contributed by atoms with Gasteiger partial charge in [0.15, 0.2) is 0 Å². The molecule has 0 radical (unpaired) electrons. The highest BCUT2D eigenvalue weighted by Gasteiger charge is 2.27. The molecule has 21 heavy (non-hydrogen) atoms. The molecule has 1 heterocycles. The molecule has 0 saturated carbocycles. The average molecular weight is 282 g/mol. The van der Waals surface area contributed by atoms with Gasteiger partial charge in [0, 0.05) is 5.56 Å². The zero-order valence-electron chi connectivity index (χ0n) is 10.8. The minimum atomic E-state index is -1.41. The van der Waals surface area contributed by atoms with Gasteiger partial charge in [-0.2, -0.15) is 0 Å². The fraction of sp³-hybridized carbons (Fsp3) is 0. The lowest BCUT2D eigenvalue weighted by atomic mass is 10.1. The molecule has 0 fully saturated rings. The van der Waals surface area contributed by atoms with Crippen LogP contribution in [0.2, 0.25) is 0 Å². The molecule has 0 saturated heterocycles. The molecular weight excluding hydrogens is 272 g/mol. The molecule has 0 atom stereocenters. The van der Waals surface area contributed by atoms with Crippen LogP contribution in [0.1, 0.15) is 21.5 Å². The van der Waals surface area contributed by atoms with Crippen molar-refractivity contribution in [2.24, 2.45) is 0 Å². The topological polar surface area (TPSA) is 72.8 Å². The van der Waals surface area contributed by atoms with Crippen molar-refractivity contribution >= 4 is 24.0 Å². The van der Waals surface area contributed by atoms with Crippen molar-refractivity contribution in [2.75, 3.05) is 0 Å². The number of hydrogen-bond acceptors (Lipinski definition) is 4. The van der Waals surface area contributed by atoms with Gasteiger partial charge in [-0.15, -0.1) is 0 Å². The van der Waals surface area contributed by atoms with Crippen molar-refractivity contribution in [1.82, 2.24) is 0 Å². The first kappa shape index (κ1) is 12.9. The highest BCUT2D eigenvalue weighted by atomic mass is 16.7. The van der Waals surface area contributed by atoms with Crippen molar-refractivity contribution in [3.63, 3.8) is 0 Å². The lowest BCUT2D eigenvalue weighted by molar-refractivity contribution is 0.0717. The predicted molar refractivity (Wildman–Crippen MR) is 74.8 cm³/mol. The van der Waals surface area contributed by atoms with E-state index < -0.39 is 12.1 Å². The van der Waals surface area contributed by atoms with Crippen LogP contribution < -0.4 is 4.74 Å². The fourth-order valence-electron chi connectivity index (χ4n) is 2.09. The van der Waals surface area contributed by atoms with E-state index in [1.165, 1.54) is 18.2 Å². The van der Waals surface area contributed by atoms with Crippen LogP contribution in [0.25, 0.3) is 11.8 Å². The van der Waals surface area contributed by atoms with Crippen LogP contribution >= 0.6 is 0 Å². The second kappa shape index (κ2) is 5.13. The Labute approximate surface area is 120 Å². The van der Waals surface area contributed by atoms with E-state index in [4.69, 9.17) is 9.84 Å². The fourth-order valence-corrected chi connectivity index (χ4v) is 2.09. The predicted octanol–water partition coefficient (Wildman–Crippen LogP) is 3.41. The van der Waals surface area contributed by atoms with Gasteiger partial charge < -0.3 is 14.6 Å². The summed E-state index contributed by atoms with van der Waals surface area (Å²) >= 11 is 0. The number of carbonyl (C=O) groups excluding carboxylic acids is 1. The second-order valence-corrected chi connectivity index (χ2v) is 4.38. The van der Waals surface area contributed by atoms with Crippen LogP contribution in [0.15, 0.2) is 48.5 Å². The summed E-state index contributed by atoms with van der Waals surface area (Å²) in [5, 5.41) is 8.63. The maximum atomic E-state index is 11.8. The van der Waals surface area contributed by atoms with Crippen molar-refractivity contribution in [3.8, 4) is 5.75 Å². The Bertz CT molecular complexity index is 747. The monoisotopic (exact) mass is 282 g/mol. The van der Waals surface area contributed by atoms with Gasteiger partial charge in [0.1, 0.15) is 11.5 Å². The third kappa shape index (κ3) is 2.62. The van der Waals surface area contributed by atoms with Crippen LogP contribution in [-0.2, 0) is 4.74 Å². The van der Waals surface area contributed by atoms with E-state index in [1.807, 2.05) is 30.3 Å². The number of benzene rings is 2. The molecule has 1 aliphatic rings. The van der Waals surface area contributed by atoms with Gasteiger partial charge in [-0.3, -0.25) is 0 Å². The number of ether oxygens (including phenoxy) is 2. The molecule has 1 aliphatic heterocycles. The summed E-state index contributed by atoms with van der Waals surface area (Å²) in [6.07, 6.45) is 0.308. The standard InChI is InChI=1S/C16H10O5/c17-15-12-7-6-11(20-16(18)19)9-13(12)14(21-15)8-10-4-2-1-3-5-10/h1-9H,(H,18,19). The van der Waals surface area contributed by atoms with Crippen molar-refractivity contribution in [1.29, 1.82) is 0 Å². The SMILES string of the molecule is O=C(O)Oc1ccc2c(c1)C(=Cc1ccccc1)OC2=O. The summed E-state index contributed by atoms with van der Waals surface area (Å²) in [5.41, 5.74) is 1.77. The molecule has 2 aromatic carbocycles. The van der Waals surface area contributed by atoms with Gasteiger partial charge in [0.2, 0.25) is 0 Å². The minimum Gasteiger partial charge on any atom is -0.449 e. The number of fused-ring (bicyclic) bond motifs is 1. The Morgan fingerprint density at radius 3 is 2.57 bits per heavy atom. The van der Waals surface area contributed by atoms with Gasteiger partial charge in [-0.1, -0.05) is 30.3 Å². The number of esters is 1. The molecule has 0 unspecified atom stereocenters. The van der Waals surface area contributed by atoms with E-state index >= 15 is 0 Å². The first-order chi connectivity index (χ1) is 10.1. The van der Waals surface area contributed by atoms with E-state index in [1.54, 1.807) is 6.08 Å². The Morgan fingerprint density at radius 2 is 1.86 bits per heavy atom. The molecule has 1 N–H and O–H groups in total. The molecule has 0 aliphatic carbocycles. The van der Waals surface area contributed by atoms with Crippen LogP contribution in [0, 0.1) is 0 Å². The van der Waals surface area contributed by atoms with Gasteiger partial charge in [0.25, 0.3) is 0 Å². The quantitative estimate of drug-likeness (QED) is 0.675. The number of carbonyl (C=O) groups is 2. The highest BCUT2D eigenvalue weighted by Crippen LogP contribution is 2.33. The summed E-state index contributed by atoms with van der Waals surface area (Å²) < 4.78 is 9.81. The van der Waals surface area contributed by atoms with Crippen LogP contribution in [-0.4, -0.2) is 17.2 Å². The smallest absolute Gasteiger partial charge is 0.449 e. The Kier molecular flexibility index (Phi) is 3.16. The average Bonchev–Trinajstić information content (AvgIpc) is 2.75. The Morgan fingerprint density at radius 1 is 1.10 bits per heavy atom. The molecule has 104 valence electrons. The molecule has 5 heteroatoms. The second-order valence-electron chi connectivity index (χ2n) is 4.38. The summed E-state index contributed by atoms with van der Waals surface area (Å²) in [5.74, 6) is 0.0459.